The zero-order valence-corrected chi connectivity index (χ0v) is 10.8. The number of anilines is 1. The lowest BCUT2D eigenvalue weighted by atomic mass is 10.1. The Morgan fingerprint density at radius 3 is 2.79 bits per heavy atom. The van der Waals surface area contributed by atoms with Crippen molar-refractivity contribution >= 4 is 11.8 Å². The number of nitrogens with one attached hydrogen (secondary N) is 1. The van der Waals surface area contributed by atoms with Gasteiger partial charge in [0.2, 0.25) is 11.2 Å². The van der Waals surface area contributed by atoms with Crippen LogP contribution in [0.2, 0.25) is 0 Å². The number of benzene rings is 1. The second kappa shape index (κ2) is 6.10. The Morgan fingerprint density at radius 1 is 1.42 bits per heavy atom. The number of nitrogens with zero attached hydrogens (tertiary/aromatic N) is 2. The molecule has 6 heteroatoms. The number of aromatic nitrogens is 2. The molecule has 0 bridgehead atoms. The second-order valence-electron chi connectivity index (χ2n) is 4.19. The Hall–Kier alpha value is -2.21. The predicted octanol–water partition coefficient (Wildman–Crippen LogP) is 0.622. The molecule has 3 N–H and O–H groups in total. The van der Waals surface area contributed by atoms with Crippen molar-refractivity contribution in [3.63, 3.8) is 0 Å². The van der Waals surface area contributed by atoms with Crippen LogP contribution in [-0.2, 0) is 24.3 Å². The van der Waals surface area contributed by atoms with Crippen LogP contribution in [0.1, 0.15) is 18.2 Å². The van der Waals surface area contributed by atoms with E-state index in [1.807, 2.05) is 18.2 Å². The van der Waals surface area contributed by atoms with Crippen molar-refractivity contribution in [3.05, 3.63) is 41.6 Å². The number of carbonyl (C=O) groups is 1. The lowest BCUT2D eigenvalue weighted by molar-refractivity contribution is -0.767. The summed E-state index contributed by atoms with van der Waals surface area (Å²) < 4.78 is 6.77. The minimum atomic E-state index is -0.207. The molecule has 1 aromatic carbocycles. The van der Waals surface area contributed by atoms with Crippen LogP contribution in [0.15, 0.2) is 34.9 Å². The van der Waals surface area contributed by atoms with Crippen molar-refractivity contribution < 1.29 is 14.0 Å². The first-order chi connectivity index (χ1) is 9.20. The van der Waals surface area contributed by atoms with Gasteiger partial charge in [0, 0.05) is 13.3 Å². The molecule has 0 saturated heterocycles. The number of nitrogens with two attached hydrogens (primary N) is 1. The summed E-state index contributed by atoms with van der Waals surface area (Å²) >= 11 is 0. The molecule has 1 amide bonds. The summed E-state index contributed by atoms with van der Waals surface area (Å²) in [7, 11) is 0. The van der Waals surface area contributed by atoms with Gasteiger partial charge in [0.1, 0.15) is 0 Å². The molecule has 0 spiro atoms. The van der Waals surface area contributed by atoms with Crippen LogP contribution in [0.5, 0.6) is 0 Å². The molecule has 0 unspecified atom stereocenters. The third-order valence-electron chi connectivity index (χ3n) is 2.74. The third kappa shape index (κ3) is 3.38. The van der Waals surface area contributed by atoms with Gasteiger partial charge in [-0.1, -0.05) is 30.3 Å². The topological polar surface area (TPSA) is 85.0 Å². The molecule has 2 rings (SSSR count). The SMILES string of the molecule is CC(=O)Nc1on[n+](CCc2ccccc2)c1CN. The summed E-state index contributed by atoms with van der Waals surface area (Å²) in [6, 6.07) is 10.1. The minimum Gasteiger partial charge on any atom is -0.321 e. The maximum atomic E-state index is 11.0. The Morgan fingerprint density at radius 2 is 2.16 bits per heavy atom. The molecule has 0 aliphatic heterocycles. The zero-order chi connectivity index (χ0) is 13.7. The first kappa shape index (κ1) is 13.2. The van der Waals surface area contributed by atoms with Gasteiger partial charge in [-0.05, 0) is 10.2 Å². The van der Waals surface area contributed by atoms with Crippen LogP contribution in [0.25, 0.3) is 0 Å². The lowest BCUT2D eigenvalue weighted by Crippen LogP contribution is -2.41. The highest BCUT2D eigenvalue weighted by Gasteiger charge is 2.23. The Labute approximate surface area is 111 Å². The molecule has 0 aliphatic carbocycles. The molecule has 0 fully saturated rings. The monoisotopic (exact) mass is 261 g/mol. The van der Waals surface area contributed by atoms with Crippen molar-refractivity contribution in [3.8, 4) is 0 Å². The molecular weight excluding hydrogens is 244 g/mol. The molecule has 0 saturated carbocycles. The summed E-state index contributed by atoms with van der Waals surface area (Å²) in [5, 5.41) is 6.48. The van der Waals surface area contributed by atoms with Gasteiger partial charge in [-0.3, -0.25) is 14.6 Å². The molecule has 0 radical (unpaired) electrons. The van der Waals surface area contributed by atoms with Crippen LogP contribution in [0.4, 0.5) is 5.88 Å². The van der Waals surface area contributed by atoms with E-state index in [9.17, 15) is 4.79 Å². The van der Waals surface area contributed by atoms with E-state index < -0.39 is 0 Å². The lowest BCUT2D eigenvalue weighted by Gasteiger charge is -1.96. The van der Waals surface area contributed by atoms with E-state index >= 15 is 0 Å². The van der Waals surface area contributed by atoms with Crippen LogP contribution in [0.3, 0.4) is 0 Å². The fourth-order valence-corrected chi connectivity index (χ4v) is 1.82. The molecule has 6 nitrogen and oxygen atoms in total. The van der Waals surface area contributed by atoms with E-state index in [4.69, 9.17) is 10.3 Å². The third-order valence-corrected chi connectivity index (χ3v) is 2.74. The van der Waals surface area contributed by atoms with Gasteiger partial charge in [-0.25, -0.2) is 0 Å². The number of aryl methyl sites for hydroxylation is 2. The fraction of sp³-hybridized carbons (Fsp3) is 0.308. The van der Waals surface area contributed by atoms with Crippen molar-refractivity contribution in [2.24, 2.45) is 5.73 Å². The van der Waals surface area contributed by atoms with E-state index in [1.54, 1.807) is 4.68 Å². The second-order valence-corrected chi connectivity index (χ2v) is 4.19. The number of hydrogen-bond donors (Lipinski definition) is 2. The maximum absolute atomic E-state index is 11.0. The van der Waals surface area contributed by atoms with Crippen LogP contribution >= 0.6 is 0 Å². The summed E-state index contributed by atoms with van der Waals surface area (Å²) in [5.41, 5.74) is 7.56. The average Bonchev–Trinajstić information content (AvgIpc) is 2.78. The van der Waals surface area contributed by atoms with Crippen molar-refractivity contribution in [2.75, 3.05) is 5.32 Å². The number of amides is 1. The summed E-state index contributed by atoms with van der Waals surface area (Å²) in [5.74, 6) is 0.115. The van der Waals surface area contributed by atoms with Gasteiger partial charge in [0.25, 0.3) is 5.69 Å². The summed E-state index contributed by atoms with van der Waals surface area (Å²) in [6.07, 6.45) is 0.824. The van der Waals surface area contributed by atoms with E-state index in [0.717, 1.165) is 6.42 Å². The molecule has 2 aromatic rings. The molecular formula is C13H17N4O2+. The number of hydrogen-bond acceptors (Lipinski definition) is 4. The summed E-state index contributed by atoms with van der Waals surface area (Å²) in [6.45, 7) is 2.32. The quantitative estimate of drug-likeness (QED) is 0.773. The van der Waals surface area contributed by atoms with Gasteiger partial charge in [0.15, 0.2) is 6.54 Å². The summed E-state index contributed by atoms with van der Waals surface area (Å²) in [4.78, 5) is 11.0. The molecule has 1 heterocycles. The number of rotatable bonds is 5. The predicted molar refractivity (Wildman–Crippen MR) is 69.0 cm³/mol. The maximum Gasteiger partial charge on any atom is 0.306 e. The Bertz CT molecular complexity index is 551. The number of carbonyl (C=O) groups excluding carboxylic acids is 1. The van der Waals surface area contributed by atoms with Gasteiger partial charge < -0.3 is 5.73 Å². The highest BCUT2D eigenvalue weighted by molar-refractivity contribution is 5.87. The van der Waals surface area contributed by atoms with Crippen LogP contribution < -0.4 is 15.7 Å². The van der Waals surface area contributed by atoms with Crippen molar-refractivity contribution in [1.82, 2.24) is 5.27 Å². The van der Waals surface area contributed by atoms with E-state index in [1.165, 1.54) is 12.5 Å². The highest BCUT2D eigenvalue weighted by Crippen LogP contribution is 2.09. The van der Waals surface area contributed by atoms with Crippen LogP contribution in [-0.4, -0.2) is 11.2 Å². The molecule has 100 valence electrons. The molecule has 1 aromatic heterocycles. The van der Waals surface area contributed by atoms with Gasteiger partial charge >= 0.3 is 5.88 Å². The van der Waals surface area contributed by atoms with Gasteiger partial charge in [0.05, 0.1) is 6.54 Å². The Kier molecular flexibility index (Phi) is 4.25. The largest absolute Gasteiger partial charge is 0.321 e. The van der Waals surface area contributed by atoms with E-state index in [-0.39, 0.29) is 12.5 Å². The van der Waals surface area contributed by atoms with Crippen LogP contribution in [0, 0.1) is 0 Å². The van der Waals surface area contributed by atoms with Crippen molar-refractivity contribution in [1.29, 1.82) is 0 Å². The first-order valence-corrected chi connectivity index (χ1v) is 6.11. The van der Waals surface area contributed by atoms with Crippen molar-refractivity contribution in [2.45, 2.75) is 26.4 Å². The van der Waals surface area contributed by atoms with Gasteiger partial charge in [-0.15, -0.1) is 0 Å². The average molecular weight is 261 g/mol. The minimum absolute atomic E-state index is 0.207. The van der Waals surface area contributed by atoms with Gasteiger partial charge in [-0.2, -0.15) is 0 Å². The normalized spacial score (nSPS) is 10.4. The first-order valence-electron chi connectivity index (χ1n) is 6.11. The zero-order valence-electron chi connectivity index (χ0n) is 10.8. The van der Waals surface area contributed by atoms with E-state index in [0.29, 0.717) is 18.1 Å². The fourth-order valence-electron chi connectivity index (χ4n) is 1.82. The molecule has 0 atom stereocenters. The highest BCUT2D eigenvalue weighted by atomic mass is 16.5. The molecule has 0 aliphatic rings. The smallest absolute Gasteiger partial charge is 0.306 e. The Balaban J connectivity index is 2.08. The standard InChI is InChI=1S/C13H16N4O2/c1-10(18)15-13-12(9-14)17(16-19-13)8-7-11-5-3-2-4-6-11/h2-6H,7-9,14H2,1H3/p+1. The molecule has 19 heavy (non-hydrogen) atoms. The van der Waals surface area contributed by atoms with E-state index in [2.05, 4.69) is 22.7 Å².